The van der Waals surface area contributed by atoms with Crippen LogP contribution in [0.5, 0.6) is 5.75 Å². The Morgan fingerprint density at radius 1 is 1.19 bits per heavy atom. The van der Waals surface area contributed by atoms with Gasteiger partial charge in [-0.25, -0.2) is 4.79 Å². The lowest BCUT2D eigenvalue weighted by Gasteiger charge is -2.26. The van der Waals surface area contributed by atoms with Gasteiger partial charge >= 0.3 is 5.97 Å². The summed E-state index contributed by atoms with van der Waals surface area (Å²) < 4.78 is 5.55. The predicted octanol–water partition coefficient (Wildman–Crippen LogP) is 2.18. The second-order valence-electron chi connectivity index (χ2n) is 4.94. The Bertz CT molecular complexity index is 533. The van der Waals surface area contributed by atoms with E-state index in [-0.39, 0.29) is 12.5 Å². The standard InChI is InChI=1S/C16H19NO4/c18-15(17-10-4-1-5-11-17)12-21-14-7-3-2-6-13(14)8-9-16(19)20/h2-3,6-9H,1,4-5,10-12H2,(H,19,20). The normalized spacial score (nSPS) is 15.1. The number of likely N-dealkylation sites (tertiary alicyclic amines) is 1. The Kier molecular flexibility index (Phi) is 5.37. The van der Waals surface area contributed by atoms with Crippen LogP contribution in [-0.4, -0.2) is 41.6 Å². The third-order valence-corrected chi connectivity index (χ3v) is 3.38. The lowest BCUT2D eigenvalue weighted by Crippen LogP contribution is -2.38. The minimum Gasteiger partial charge on any atom is -0.483 e. The van der Waals surface area contributed by atoms with Gasteiger partial charge in [-0.1, -0.05) is 18.2 Å². The van der Waals surface area contributed by atoms with Crippen LogP contribution < -0.4 is 4.74 Å². The molecule has 1 aromatic carbocycles. The van der Waals surface area contributed by atoms with Crippen LogP contribution in [0.2, 0.25) is 0 Å². The number of rotatable bonds is 5. The fraction of sp³-hybridized carbons (Fsp3) is 0.375. The number of carbonyl (C=O) groups is 2. The van der Waals surface area contributed by atoms with Crippen molar-refractivity contribution in [3.63, 3.8) is 0 Å². The van der Waals surface area contributed by atoms with Crippen molar-refractivity contribution in [2.75, 3.05) is 19.7 Å². The number of hydrogen-bond acceptors (Lipinski definition) is 3. The summed E-state index contributed by atoms with van der Waals surface area (Å²) in [6, 6.07) is 7.06. The molecule has 1 saturated heterocycles. The summed E-state index contributed by atoms with van der Waals surface area (Å²) in [5, 5.41) is 8.67. The molecule has 5 nitrogen and oxygen atoms in total. The first-order valence-corrected chi connectivity index (χ1v) is 7.07. The molecule has 112 valence electrons. The smallest absolute Gasteiger partial charge is 0.328 e. The van der Waals surface area contributed by atoms with E-state index < -0.39 is 5.97 Å². The largest absolute Gasteiger partial charge is 0.483 e. The summed E-state index contributed by atoms with van der Waals surface area (Å²) in [5.74, 6) is -0.527. The van der Waals surface area contributed by atoms with E-state index in [9.17, 15) is 9.59 Å². The monoisotopic (exact) mass is 289 g/mol. The Morgan fingerprint density at radius 2 is 1.90 bits per heavy atom. The van der Waals surface area contributed by atoms with Gasteiger partial charge in [0.25, 0.3) is 5.91 Å². The van der Waals surface area contributed by atoms with Crippen LogP contribution in [0.4, 0.5) is 0 Å². The van der Waals surface area contributed by atoms with Gasteiger partial charge in [-0.15, -0.1) is 0 Å². The molecule has 1 aliphatic rings. The van der Waals surface area contributed by atoms with Crippen molar-refractivity contribution in [1.82, 2.24) is 4.90 Å². The van der Waals surface area contributed by atoms with Gasteiger partial charge in [0.2, 0.25) is 0 Å². The third kappa shape index (κ3) is 4.63. The van der Waals surface area contributed by atoms with Crippen LogP contribution >= 0.6 is 0 Å². The topological polar surface area (TPSA) is 66.8 Å². The summed E-state index contributed by atoms with van der Waals surface area (Å²) in [6.45, 7) is 1.57. The molecule has 1 amide bonds. The number of piperidine rings is 1. The van der Waals surface area contributed by atoms with Gasteiger partial charge in [-0.3, -0.25) is 4.79 Å². The number of benzene rings is 1. The highest BCUT2D eigenvalue weighted by Gasteiger charge is 2.17. The number of nitrogens with zero attached hydrogens (tertiary/aromatic N) is 1. The van der Waals surface area contributed by atoms with Crippen molar-refractivity contribution in [2.45, 2.75) is 19.3 Å². The molecule has 1 aliphatic heterocycles. The maximum Gasteiger partial charge on any atom is 0.328 e. The Balaban J connectivity index is 1.96. The predicted molar refractivity (Wildman–Crippen MR) is 79.0 cm³/mol. The maximum absolute atomic E-state index is 12.0. The number of carboxylic acid groups (broad SMARTS) is 1. The van der Waals surface area contributed by atoms with E-state index in [1.807, 2.05) is 4.90 Å². The lowest BCUT2D eigenvalue weighted by molar-refractivity contribution is -0.134. The highest BCUT2D eigenvalue weighted by molar-refractivity contribution is 5.86. The first-order valence-electron chi connectivity index (χ1n) is 7.07. The zero-order valence-electron chi connectivity index (χ0n) is 11.8. The first-order chi connectivity index (χ1) is 10.2. The molecular formula is C16H19NO4. The lowest BCUT2D eigenvalue weighted by atomic mass is 10.1. The van der Waals surface area contributed by atoms with Crippen LogP contribution in [0, 0.1) is 0 Å². The third-order valence-electron chi connectivity index (χ3n) is 3.38. The van der Waals surface area contributed by atoms with E-state index >= 15 is 0 Å². The van der Waals surface area contributed by atoms with E-state index in [2.05, 4.69) is 0 Å². The SMILES string of the molecule is O=C(O)C=Cc1ccccc1OCC(=O)N1CCCCC1. The molecule has 0 bridgehead atoms. The molecule has 2 rings (SSSR count). The molecule has 21 heavy (non-hydrogen) atoms. The van der Waals surface area contributed by atoms with Crippen molar-refractivity contribution in [3.05, 3.63) is 35.9 Å². The van der Waals surface area contributed by atoms with Crippen LogP contribution in [0.1, 0.15) is 24.8 Å². The van der Waals surface area contributed by atoms with Crippen molar-refractivity contribution in [2.24, 2.45) is 0 Å². The Hall–Kier alpha value is -2.30. The van der Waals surface area contributed by atoms with E-state index in [1.54, 1.807) is 24.3 Å². The number of ether oxygens (including phenoxy) is 1. The zero-order chi connectivity index (χ0) is 15.1. The van der Waals surface area contributed by atoms with Crippen molar-refractivity contribution >= 4 is 18.0 Å². The molecule has 1 aromatic rings. The maximum atomic E-state index is 12.0. The van der Waals surface area contributed by atoms with E-state index in [0.717, 1.165) is 32.0 Å². The van der Waals surface area contributed by atoms with Gasteiger partial charge in [-0.2, -0.15) is 0 Å². The molecule has 0 atom stereocenters. The molecule has 1 N–H and O–H groups in total. The summed E-state index contributed by atoms with van der Waals surface area (Å²) in [7, 11) is 0. The molecule has 0 spiro atoms. The summed E-state index contributed by atoms with van der Waals surface area (Å²) in [5.41, 5.74) is 0.645. The van der Waals surface area contributed by atoms with Crippen molar-refractivity contribution in [1.29, 1.82) is 0 Å². The average Bonchev–Trinajstić information content (AvgIpc) is 2.52. The van der Waals surface area contributed by atoms with E-state index in [0.29, 0.717) is 11.3 Å². The molecule has 1 fully saturated rings. The van der Waals surface area contributed by atoms with Gasteiger partial charge in [0.15, 0.2) is 6.61 Å². The number of carboxylic acids is 1. The number of para-hydroxylation sites is 1. The van der Waals surface area contributed by atoms with Gasteiger partial charge < -0.3 is 14.7 Å². The molecule has 0 unspecified atom stereocenters. The fourth-order valence-electron chi connectivity index (χ4n) is 2.28. The summed E-state index contributed by atoms with van der Waals surface area (Å²) in [4.78, 5) is 24.4. The molecule has 0 radical (unpaired) electrons. The second-order valence-corrected chi connectivity index (χ2v) is 4.94. The Morgan fingerprint density at radius 3 is 2.62 bits per heavy atom. The quantitative estimate of drug-likeness (QED) is 0.844. The minimum absolute atomic E-state index is 0.0159. The summed E-state index contributed by atoms with van der Waals surface area (Å²) in [6.07, 6.45) is 5.78. The van der Waals surface area contributed by atoms with Crippen molar-refractivity contribution in [3.8, 4) is 5.75 Å². The van der Waals surface area contributed by atoms with Gasteiger partial charge in [0.05, 0.1) is 0 Å². The highest BCUT2D eigenvalue weighted by Crippen LogP contribution is 2.19. The number of amides is 1. The molecule has 0 aromatic heterocycles. The average molecular weight is 289 g/mol. The van der Waals surface area contributed by atoms with E-state index in [1.165, 1.54) is 12.5 Å². The van der Waals surface area contributed by atoms with Crippen LogP contribution in [0.3, 0.4) is 0 Å². The first kappa shape index (κ1) is 15.1. The Labute approximate surface area is 123 Å². The van der Waals surface area contributed by atoms with Crippen LogP contribution in [-0.2, 0) is 9.59 Å². The molecular weight excluding hydrogens is 270 g/mol. The van der Waals surface area contributed by atoms with Gasteiger partial charge in [0.1, 0.15) is 5.75 Å². The molecule has 0 saturated carbocycles. The van der Waals surface area contributed by atoms with Crippen molar-refractivity contribution < 1.29 is 19.4 Å². The van der Waals surface area contributed by atoms with Crippen LogP contribution in [0.15, 0.2) is 30.3 Å². The van der Waals surface area contributed by atoms with Gasteiger partial charge in [0, 0.05) is 24.7 Å². The molecule has 1 heterocycles. The number of carbonyl (C=O) groups excluding carboxylic acids is 1. The number of hydrogen-bond donors (Lipinski definition) is 1. The van der Waals surface area contributed by atoms with E-state index in [4.69, 9.17) is 9.84 Å². The number of aliphatic carboxylic acids is 1. The molecule has 5 heteroatoms. The van der Waals surface area contributed by atoms with Gasteiger partial charge in [-0.05, 0) is 31.4 Å². The minimum atomic E-state index is -1.02. The fourth-order valence-corrected chi connectivity index (χ4v) is 2.28. The summed E-state index contributed by atoms with van der Waals surface area (Å²) >= 11 is 0. The second kappa shape index (κ2) is 7.47. The highest BCUT2D eigenvalue weighted by atomic mass is 16.5. The zero-order valence-corrected chi connectivity index (χ0v) is 11.8. The molecule has 0 aliphatic carbocycles. The van der Waals surface area contributed by atoms with Crippen LogP contribution in [0.25, 0.3) is 6.08 Å².